The van der Waals surface area contributed by atoms with Crippen LogP contribution in [-0.4, -0.2) is 5.78 Å². The molecule has 0 N–H and O–H groups in total. The van der Waals surface area contributed by atoms with Gasteiger partial charge in [0.1, 0.15) is 0 Å². The molecule has 0 heterocycles. The number of halogens is 5. The van der Waals surface area contributed by atoms with Crippen molar-refractivity contribution in [2.75, 3.05) is 0 Å². The topological polar surface area (TPSA) is 17.1 Å². The summed E-state index contributed by atoms with van der Waals surface area (Å²) in [6.45, 7) is 1.36. The zero-order valence-corrected chi connectivity index (χ0v) is 13.3. The zero-order valence-electron chi connectivity index (χ0n) is 11.8. The Bertz CT molecular complexity index is 962. The number of rotatable bonds is 1. The SMILES string of the molecule is CC(=O)c1cc2c(Cl)cc(Cl)cc2c2cc(C(F)(F)F)ccc12. The van der Waals surface area contributed by atoms with Gasteiger partial charge >= 0.3 is 6.18 Å². The lowest BCUT2D eigenvalue weighted by Gasteiger charge is -2.13. The van der Waals surface area contributed by atoms with E-state index in [0.29, 0.717) is 32.1 Å². The van der Waals surface area contributed by atoms with Gasteiger partial charge in [-0.3, -0.25) is 4.79 Å². The maximum Gasteiger partial charge on any atom is 0.416 e. The van der Waals surface area contributed by atoms with Gasteiger partial charge in [-0.05, 0) is 53.4 Å². The van der Waals surface area contributed by atoms with E-state index in [-0.39, 0.29) is 10.8 Å². The highest BCUT2D eigenvalue weighted by atomic mass is 35.5. The molecule has 0 fully saturated rings. The molecule has 3 rings (SSSR count). The number of carbonyl (C=O) groups excluding carboxylic acids is 1. The normalized spacial score (nSPS) is 12.1. The van der Waals surface area contributed by atoms with Crippen molar-refractivity contribution in [3.63, 3.8) is 0 Å². The second-order valence-electron chi connectivity index (χ2n) is 5.22. The second kappa shape index (κ2) is 5.39. The lowest BCUT2D eigenvalue weighted by molar-refractivity contribution is -0.137. The molecule has 0 radical (unpaired) electrons. The molecular formula is C17H9Cl2F3O. The van der Waals surface area contributed by atoms with Gasteiger partial charge in [0.15, 0.2) is 5.78 Å². The van der Waals surface area contributed by atoms with Crippen molar-refractivity contribution in [2.45, 2.75) is 13.1 Å². The minimum absolute atomic E-state index is 0.248. The minimum atomic E-state index is -4.48. The van der Waals surface area contributed by atoms with Gasteiger partial charge in [0, 0.05) is 21.0 Å². The van der Waals surface area contributed by atoms with Crippen LogP contribution in [0.5, 0.6) is 0 Å². The Labute approximate surface area is 139 Å². The number of alkyl halides is 3. The fourth-order valence-electron chi connectivity index (χ4n) is 2.65. The van der Waals surface area contributed by atoms with Gasteiger partial charge in [0.2, 0.25) is 0 Å². The molecule has 3 aromatic carbocycles. The van der Waals surface area contributed by atoms with Crippen LogP contribution in [0.15, 0.2) is 36.4 Å². The quantitative estimate of drug-likeness (QED) is 0.358. The molecule has 0 saturated heterocycles. The average Bonchev–Trinajstić information content (AvgIpc) is 2.44. The summed E-state index contributed by atoms with van der Waals surface area (Å²) in [7, 11) is 0. The van der Waals surface area contributed by atoms with Gasteiger partial charge in [-0.25, -0.2) is 0 Å². The van der Waals surface area contributed by atoms with E-state index in [1.165, 1.54) is 19.1 Å². The highest BCUT2D eigenvalue weighted by Gasteiger charge is 2.31. The summed E-state index contributed by atoms with van der Waals surface area (Å²) in [6, 6.07) is 7.93. The molecule has 0 amide bonds. The number of carbonyl (C=O) groups is 1. The van der Waals surface area contributed by atoms with E-state index in [9.17, 15) is 18.0 Å². The molecule has 0 spiro atoms. The second-order valence-corrected chi connectivity index (χ2v) is 6.06. The maximum absolute atomic E-state index is 13.0. The van der Waals surface area contributed by atoms with E-state index in [1.807, 2.05) is 0 Å². The first-order chi connectivity index (χ1) is 10.7. The number of benzene rings is 3. The fraction of sp³-hybridized carbons (Fsp3) is 0.118. The number of hydrogen-bond donors (Lipinski definition) is 0. The third-order valence-corrected chi connectivity index (χ3v) is 4.22. The van der Waals surface area contributed by atoms with Crippen molar-refractivity contribution in [1.82, 2.24) is 0 Å². The molecule has 0 bridgehead atoms. The summed E-state index contributed by atoms with van der Waals surface area (Å²) in [4.78, 5) is 11.9. The average molecular weight is 357 g/mol. The summed E-state index contributed by atoms with van der Waals surface area (Å²) in [5.41, 5.74) is -0.464. The van der Waals surface area contributed by atoms with Gasteiger partial charge in [-0.15, -0.1) is 0 Å². The third-order valence-electron chi connectivity index (χ3n) is 3.69. The molecule has 118 valence electrons. The molecule has 0 aliphatic carbocycles. The Balaban J connectivity index is 2.55. The van der Waals surface area contributed by atoms with Crippen molar-refractivity contribution in [3.05, 3.63) is 57.6 Å². The van der Waals surface area contributed by atoms with Crippen molar-refractivity contribution in [2.24, 2.45) is 0 Å². The molecule has 0 aromatic heterocycles. The number of ketones is 1. The van der Waals surface area contributed by atoms with Gasteiger partial charge in [-0.2, -0.15) is 13.2 Å². The van der Waals surface area contributed by atoms with Crippen molar-refractivity contribution >= 4 is 50.5 Å². The van der Waals surface area contributed by atoms with Crippen LogP contribution in [0.1, 0.15) is 22.8 Å². The molecule has 3 aromatic rings. The molecule has 0 atom stereocenters. The third kappa shape index (κ3) is 2.77. The lowest BCUT2D eigenvalue weighted by atomic mass is 9.94. The molecular weight excluding hydrogens is 348 g/mol. The van der Waals surface area contributed by atoms with Crippen LogP contribution in [0.4, 0.5) is 13.2 Å². The van der Waals surface area contributed by atoms with Crippen LogP contribution in [-0.2, 0) is 6.18 Å². The van der Waals surface area contributed by atoms with E-state index in [4.69, 9.17) is 23.2 Å². The largest absolute Gasteiger partial charge is 0.416 e. The summed E-state index contributed by atoms with van der Waals surface area (Å²) in [5.74, 6) is -0.248. The first-order valence-electron chi connectivity index (χ1n) is 6.62. The van der Waals surface area contributed by atoms with Crippen LogP contribution in [0.2, 0.25) is 10.0 Å². The van der Waals surface area contributed by atoms with Crippen LogP contribution in [0.3, 0.4) is 0 Å². The van der Waals surface area contributed by atoms with Crippen LogP contribution >= 0.6 is 23.2 Å². The minimum Gasteiger partial charge on any atom is -0.294 e. The standard InChI is InChI=1S/C17H9Cl2F3O/c1-8(23)12-7-15-14(5-10(18)6-16(15)19)13-4-9(17(20,21)22)2-3-11(12)13/h2-7H,1H3. The predicted molar refractivity (Wildman–Crippen MR) is 86.5 cm³/mol. The Kier molecular flexibility index (Phi) is 3.77. The van der Waals surface area contributed by atoms with Crippen molar-refractivity contribution in [3.8, 4) is 0 Å². The molecule has 1 nitrogen and oxygen atoms in total. The predicted octanol–water partition coefficient (Wildman–Crippen LogP) is 6.52. The van der Waals surface area contributed by atoms with Gasteiger partial charge in [0.25, 0.3) is 0 Å². The first-order valence-corrected chi connectivity index (χ1v) is 7.38. The van der Waals surface area contributed by atoms with E-state index >= 15 is 0 Å². The van der Waals surface area contributed by atoms with Crippen LogP contribution in [0.25, 0.3) is 21.5 Å². The van der Waals surface area contributed by atoms with E-state index < -0.39 is 11.7 Å². The Hall–Kier alpha value is -1.78. The van der Waals surface area contributed by atoms with Crippen molar-refractivity contribution in [1.29, 1.82) is 0 Å². The van der Waals surface area contributed by atoms with E-state index in [2.05, 4.69) is 0 Å². The van der Waals surface area contributed by atoms with Crippen LogP contribution in [0, 0.1) is 0 Å². The Morgan fingerprint density at radius 3 is 2.17 bits per heavy atom. The van der Waals surface area contributed by atoms with Crippen molar-refractivity contribution < 1.29 is 18.0 Å². The highest BCUT2D eigenvalue weighted by molar-refractivity contribution is 6.40. The molecule has 23 heavy (non-hydrogen) atoms. The molecule has 6 heteroatoms. The molecule has 0 aliphatic heterocycles. The Morgan fingerprint density at radius 2 is 1.57 bits per heavy atom. The molecule has 0 unspecified atom stereocenters. The van der Waals surface area contributed by atoms with Crippen LogP contribution < -0.4 is 0 Å². The van der Waals surface area contributed by atoms with Gasteiger partial charge in [-0.1, -0.05) is 29.3 Å². The Morgan fingerprint density at radius 1 is 0.913 bits per heavy atom. The van der Waals surface area contributed by atoms with E-state index in [0.717, 1.165) is 12.1 Å². The summed E-state index contributed by atoms with van der Waals surface area (Å²) < 4.78 is 39.0. The summed E-state index contributed by atoms with van der Waals surface area (Å²) in [6.07, 6.45) is -4.48. The highest BCUT2D eigenvalue weighted by Crippen LogP contribution is 2.38. The fourth-order valence-corrected chi connectivity index (χ4v) is 3.19. The smallest absolute Gasteiger partial charge is 0.294 e. The molecule has 0 aliphatic rings. The monoisotopic (exact) mass is 356 g/mol. The maximum atomic E-state index is 13.0. The zero-order chi connectivity index (χ0) is 16.9. The van der Waals surface area contributed by atoms with Gasteiger partial charge < -0.3 is 0 Å². The summed E-state index contributed by atoms with van der Waals surface area (Å²) >= 11 is 12.1. The number of Topliss-reactive ketones (excluding diaryl/α,β-unsaturated/α-hetero) is 1. The lowest BCUT2D eigenvalue weighted by Crippen LogP contribution is -2.05. The number of fused-ring (bicyclic) bond motifs is 3. The first kappa shape index (κ1) is 16.1. The summed E-state index contributed by atoms with van der Waals surface area (Å²) in [5, 5.41) is 2.32. The van der Waals surface area contributed by atoms with E-state index in [1.54, 1.807) is 12.1 Å². The number of hydrogen-bond acceptors (Lipinski definition) is 1. The molecule has 0 saturated carbocycles. The van der Waals surface area contributed by atoms with Gasteiger partial charge in [0.05, 0.1) is 5.56 Å².